The molecule has 0 aromatic heterocycles. The van der Waals surface area contributed by atoms with Crippen LogP contribution in [0.3, 0.4) is 0 Å². The second-order valence-electron chi connectivity index (χ2n) is 10.6. The standard InChI is InChI=1S/C27H33BN2O4S/c1-35-25-13-18(12-20(25)19-3-2-4-23-21(19)15-34-28(23)32)26(31)30-9-7-27(8-10-30)16-33-24-6-5-17(14-29)11-22(24)27/h2-6,11,18,20,25,32H,7-10,12-16,29H2,1H3. The maximum Gasteiger partial charge on any atom is 0.491 e. The van der Waals surface area contributed by atoms with Crippen LogP contribution < -0.4 is 15.9 Å². The third-order valence-electron chi connectivity index (χ3n) is 8.84. The number of fused-ring (bicyclic) bond motifs is 3. The van der Waals surface area contributed by atoms with Gasteiger partial charge in [-0.3, -0.25) is 4.79 Å². The highest BCUT2D eigenvalue weighted by atomic mass is 32.2. The summed E-state index contributed by atoms with van der Waals surface area (Å²) in [6.07, 6.45) is 5.79. The van der Waals surface area contributed by atoms with Crippen LogP contribution in [-0.2, 0) is 28.0 Å². The Bertz CT molecular complexity index is 1140. The average molecular weight is 492 g/mol. The van der Waals surface area contributed by atoms with Crippen molar-refractivity contribution in [3.63, 3.8) is 0 Å². The first kappa shape index (κ1) is 23.4. The Morgan fingerprint density at radius 2 is 2.09 bits per heavy atom. The lowest BCUT2D eigenvalue weighted by molar-refractivity contribution is -0.137. The largest absolute Gasteiger partial charge is 0.492 e. The lowest BCUT2D eigenvalue weighted by Crippen LogP contribution is -2.47. The van der Waals surface area contributed by atoms with E-state index in [0.29, 0.717) is 36.8 Å². The minimum Gasteiger partial charge on any atom is -0.492 e. The monoisotopic (exact) mass is 492 g/mol. The van der Waals surface area contributed by atoms with Gasteiger partial charge in [-0.2, -0.15) is 11.8 Å². The van der Waals surface area contributed by atoms with Crippen LogP contribution in [0.1, 0.15) is 53.9 Å². The number of thioether (sulfide) groups is 1. The second kappa shape index (κ2) is 9.14. The van der Waals surface area contributed by atoms with Crippen LogP contribution in [0.4, 0.5) is 0 Å². The van der Waals surface area contributed by atoms with Crippen LogP contribution in [0.15, 0.2) is 36.4 Å². The number of carbonyl (C=O) groups excluding carboxylic acids is 1. The number of piperidine rings is 1. The molecule has 1 aliphatic carbocycles. The third kappa shape index (κ3) is 3.90. The molecule has 2 fully saturated rings. The molecule has 3 atom stereocenters. The van der Waals surface area contributed by atoms with Crippen molar-refractivity contribution in [2.24, 2.45) is 11.7 Å². The Morgan fingerprint density at radius 1 is 1.26 bits per heavy atom. The minimum absolute atomic E-state index is 0.00272. The molecule has 1 saturated carbocycles. The number of hydrogen-bond donors (Lipinski definition) is 2. The summed E-state index contributed by atoms with van der Waals surface area (Å²) < 4.78 is 11.6. The van der Waals surface area contributed by atoms with Crippen molar-refractivity contribution in [2.75, 3.05) is 26.0 Å². The summed E-state index contributed by atoms with van der Waals surface area (Å²) in [5.74, 6) is 1.64. The average Bonchev–Trinajstić information content (AvgIpc) is 3.60. The summed E-state index contributed by atoms with van der Waals surface area (Å²) in [6, 6.07) is 12.4. The number of nitrogens with two attached hydrogens (primary N) is 1. The van der Waals surface area contributed by atoms with E-state index < -0.39 is 7.12 Å². The highest BCUT2D eigenvalue weighted by molar-refractivity contribution is 7.99. The summed E-state index contributed by atoms with van der Waals surface area (Å²) in [5, 5.41) is 10.6. The Kier molecular flexibility index (Phi) is 6.12. The molecule has 35 heavy (non-hydrogen) atoms. The third-order valence-corrected chi connectivity index (χ3v) is 9.97. The van der Waals surface area contributed by atoms with Gasteiger partial charge in [-0.25, -0.2) is 0 Å². The molecule has 3 unspecified atom stereocenters. The van der Waals surface area contributed by atoms with Gasteiger partial charge in [0.05, 0.1) is 13.2 Å². The number of amides is 1. The van der Waals surface area contributed by atoms with Crippen molar-refractivity contribution in [3.8, 4) is 5.75 Å². The zero-order valence-corrected chi connectivity index (χ0v) is 21.1. The Labute approximate surface area is 211 Å². The number of benzene rings is 2. The van der Waals surface area contributed by atoms with Gasteiger partial charge in [0, 0.05) is 41.8 Å². The molecule has 0 bridgehead atoms. The highest BCUT2D eigenvalue weighted by Crippen LogP contribution is 2.48. The number of rotatable bonds is 4. The van der Waals surface area contributed by atoms with Gasteiger partial charge in [0.1, 0.15) is 5.75 Å². The lowest BCUT2D eigenvalue weighted by atomic mass is 9.74. The molecule has 1 spiro atoms. The van der Waals surface area contributed by atoms with Gasteiger partial charge in [-0.15, -0.1) is 0 Å². The summed E-state index contributed by atoms with van der Waals surface area (Å²) in [6.45, 7) is 3.24. The number of nitrogens with zero attached hydrogens (tertiary/aromatic N) is 1. The van der Waals surface area contributed by atoms with E-state index in [2.05, 4.69) is 29.4 Å². The lowest BCUT2D eigenvalue weighted by Gasteiger charge is -2.39. The van der Waals surface area contributed by atoms with Gasteiger partial charge in [-0.05, 0) is 66.1 Å². The highest BCUT2D eigenvalue weighted by Gasteiger charge is 2.46. The zero-order chi connectivity index (χ0) is 24.2. The van der Waals surface area contributed by atoms with Crippen LogP contribution in [0.25, 0.3) is 0 Å². The van der Waals surface area contributed by atoms with E-state index in [0.717, 1.165) is 61.1 Å². The van der Waals surface area contributed by atoms with Gasteiger partial charge in [0.25, 0.3) is 0 Å². The van der Waals surface area contributed by atoms with E-state index in [-0.39, 0.29) is 11.3 Å². The van der Waals surface area contributed by atoms with Gasteiger partial charge >= 0.3 is 7.12 Å². The summed E-state index contributed by atoms with van der Waals surface area (Å²) in [7, 11) is -0.831. The summed E-state index contributed by atoms with van der Waals surface area (Å²) in [5.41, 5.74) is 11.6. The number of hydrogen-bond acceptors (Lipinski definition) is 6. The van der Waals surface area contributed by atoms with E-state index in [4.69, 9.17) is 15.1 Å². The van der Waals surface area contributed by atoms with E-state index in [1.54, 1.807) is 0 Å². The smallest absolute Gasteiger partial charge is 0.491 e. The Morgan fingerprint density at radius 3 is 2.86 bits per heavy atom. The molecule has 3 aliphatic heterocycles. The molecular weight excluding hydrogens is 459 g/mol. The predicted octanol–water partition coefficient (Wildman–Crippen LogP) is 2.54. The molecule has 6 rings (SSSR count). The summed E-state index contributed by atoms with van der Waals surface area (Å²) in [4.78, 5) is 15.8. The maximum absolute atomic E-state index is 13.7. The second-order valence-corrected chi connectivity index (χ2v) is 11.6. The predicted molar refractivity (Wildman–Crippen MR) is 139 cm³/mol. The molecule has 8 heteroatoms. The molecule has 1 amide bonds. The van der Waals surface area contributed by atoms with E-state index >= 15 is 0 Å². The molecule has 0 radical (unpaired) electrons. The molecule has 4 aliphatic rings. The summed E-state index contributed by atoms with van der Waals surface area (Å²) >= 11 is 1.86. The topological polar surface area (TPSA) is 85.0 Å². The molecule has 2 aromatic carbocycles. The first-order chi connectivity index (χ1) is 17.0. The quantitative estimate of drug-likeness (QED) is 0.639. The molecule has 3 heterocycles. The number of ether oxygens (including phenoxy) is 1. The van der Waals surface area contributed by atoms with Crippen molar-refractivity contribution in [1.29, 1.82) is 0 Å². The fourth-order valence-electron chi connectivity index (χ4n) is 6.77. The molecule has 3 N–H and O–H groups in total. The molecule has 184 valence electrons. The number of carbonyl (C=O) groups is 1. The fourth-order valence-corrected chi connectivity index (χ4v) is 7.79. The fraction of sp³-hybridized carbons (Fsp3) is 0.519. The first-order valence-electron chi connectivity index (χ1n) is 12.7. The van der Waals surface area contributed by atoms with E-state index in [1.807, 2.05) is 30.0 Å². The minimum atomic E-state index is -0.831. The van der Waals surface area contributed by atoms with Gasteiger partial charge in [-0.1, -0.05) is 30.3 Å². The normalized spacial score (nSPS) is 26.7. The number of likely N-dealkylation sites (tertiary alicyclic amines) is 1. The van der Waals surface area contributed by atoms with Crippen molar-refractivity contribution in [2.45, 2.75) is 55.4 Å². The van der Waals surface area contributed by atoms with Crippen LogP contribution in [0, 0.1) is 5.92 Å². The maximum atomic E-state index is 13.7. The molecule has 2 aromatic rings. The SMILES string of the molecule is CSC1CC(C(=O)N2CCC3(CC2)COc2ccc(CN)cc23)CC1c1cccc2c1COB2O. The van der Waals surface area contributed by atoms with Crippen molar-refractivity contribution < 1.29 is 19.2 Å². The van der Waals surface area contributed by atoms with Crippen LogP contribution in [0.2, 0.25) is 0 Å². The zero-order valence-electron chi connectivity index (χ0n) is 20.2. The van der Waals surface area contributed by atoms with Crippen LogP contribution in [-0.4, -0.2) is 54.2 Å². The molecule has 6 nitrogen and oxygen atoms in total. The van der Waals surface area contributed by atoms with Gasteiger partial charge in [0.2, 0.25) is 5.91 Å². The van der Waals surface area contributed by atoms with Crippen molar-refractivity contribution >= 4 is 30.3 Å². The Balaban J connectivity index is 1.16. The van der Waals surface area contributed by atoms with Crippen molar-refractivity contribution in [1.82, 2.24) is 4.90 Å². The van der Waals surface area contributed by atoms with Crippen molar-refractivity contribution in [3.05, 3.63) is 58.7 Å². The van der Waals surface area contributed by atoms with Crippen LogP contribution >= 0.6 is 11.8 Å². The molecular formula is C27H33BN2O4S. The van der Waals surface area contributed by atoms with E-state index in [9.17, 15) is 9.82 Å². The van der Waals surface area contributed by atoms with Gasteiger partial charge < -0.3 is 25.0 Å². The Hall–Kier alpha value is -2.00. The first-order valence-corrected chi connectivity index (χ1v) is 14.0. The van der Waals surface area contributed by atoms with E-state index in [1.165, 1.54) is 11.1 Å². The van der Waals surface area contributed by atoms with Gasteiger partial charge in [0.15, 0.2) is 0 Å². The molecule has 1 saturated heterocycles. The van der Waals surface area contributed by atoms with Crippen LogP contribution in [0.5, 0.6) is 5.75 Å².